The molecule has 1 aliphatic rings. The number of hydrogen-bond donors (Lipinski definition) is 1. The zero-order valence-electron chi connectivity index (χ0n) is 16.7. The smallest absolute Gasteiger partial charge is 0.294 e. The van der Waals surface area contributed by atoms with Gasteiger partial charge >= 0.3 is 0 Å². The quantitative estimate of drug-likeness (QED) is 0.600. The van der Waals surface area contributed by atoms with Gasteiger partial charge in [0.25, 0.3) is 5.91 Å². The maximum Gasteiger partial charge on any atom is 0.294 e. The molecule has 1 aliphatic heterocycles. The first-order chi connectivity index (χ1) is 14.5. The van der Waals surface area contributed by atoms with Gasteiger partial charge < -0.3 is 14.3 Å². The molecular weight excluding hydrogens is 382 g/mol. The molecule has 6 heteroatoms. The summed E-state index contributed by atoms with van der Waals surface area (Å²) < 4.78 is 10.8. The maximum atomic E-state index is 13.2. The largest absolute Gasteiger partial charge is 0.503 e. The standard InChI is InChI=1S/C24H21NO5/c1-3-29-17-10-6-9-16(14-17)25-21(18-11-5-4-8-15(18)2)20(23(27)24(25)28)22(26)19-12-7-13-30-19/h4-14,21,27H,3H2,1-2H3. The molecule has 0 bridgehead atoms. The van der Waals surface area contributed by atoms with Crippen molar-refractivity contribution in [2.24, 2.45) is 0 Å². The van der Waals surface area contributed by atoms with Gasteiger partial charge in [-0.15, -0.1) is 0 Å². The monoisotopic (exact) mass is 403 g/mol. The lowest BCUT2D eigenvalue weighted by atomic mass is 9.92. The average molecular weight is 403 g/mol. The fraction of sp³-hybridized carbons (Fsp3) is 0.167. The first kappa shape index (κ1) is 19.5. The van der Waals surface area contributed by atoms with Crippen LogP contribution in [0, 0.1) is 6.92 Å². The second-order valence-corrected chi connectivity index (χ2v) is 6.93. The van der Waals surface area contributed by atoms with Crippen molar-refractivity contribution in [3.05, 3.63) is 95.1 Å². The highest BCUT2D eigenvalue weighted by Crippen LogP contribution is 2.43. The summed E-state index contributed by atoms with van der Waals surface area (Å²) in [5, 5.41) is 10.7. The van der Waals surface area contributed by atoms with E-state index < -0.39 is 23.5 Å². The number of aliphatic hydroxyl groups is 1. The Morgan fingerprint density at radius 2 is 1.93 bits per heavy atom. The van der Waals surface area contributed by atoms with E-state index in [0.717, 1.165) is 11.1 Å². The van der Waals surface area contributed by atoms with Crippen LogP contribution in [0.25, 0.3) is 0 Å². The summed E-state index contributed by atoms with van der Waals surface area (Å²) >= 11 is 0. The molecule has 30 heavy (non-hydrogen) atoms. The fourth-order valence-corrected chi connectivity index (χ4v) is 3.72. The summed E-state index contributed by atoms with van der Waals surface area (Å²) in [6.07, 6.45) is 1.38. The maximum absolute atomic E-state index is 13.2. The van der Waals surface area contributed by atoms with E-state index in [1.807, 2.05) is 38.1 Å². The number of Topliss-reactive ketones (excluding diaryl/α,β-unsaturated/α-hetero) is 1. The van der Waals surface area contributed by atoms with Crippen molar-refractivity contribution in [1.82, 2.24) is 0 Å². The molecule has 152 valence electrons. The summed E-state index contributed by atoms with van der Waals surface area (Å²) in [6.45, 7) is 4.25. The Bertz CT molecular complexity index is 1130. The van der Waals surface area contributed by atoms with E-state index in [1.54, 1.807) is 30.3 Å². The predicted octanol–water partition coefficient (Wildman–Crippen LogP) is 4.77. The van der Waals surface area contributed by atoms with Crippen molar-refractivity contribution >= 4 is 17.4 Å². The van der Waals surface area contributed by atoms with Crippen molar-refractivity contribution in [2.45, 2.75) is 19.9 Å². The Morgan fingerprint density at radius 1 is 1.13 bits per heavy atom. The Balaban J connectivity index is 1.88. The summed E-state index contributed by atoms with van der Waals surface area (Å²) in [5.41, 5.74) is 2.14. The van der Waals surface area contributed by atoms with Crippen LogP contribution in [0.4, 0.5) is 5.69 Å². The molecule has 2 aromatic carbocycles. The van der Waals surface area contributed by atoms with E-state index in [-0.39, 0.29) is 11.3 Å². The average Bonchev–Trinajstić information content (AvgIpc) is 3.36. The number of nitrogens with zero attached hydrogens (tertiary/aromatic N) is 1. The first-order valence-electron chi connectivity index (χ1n) is 9.66. The molecule has 1 atom stereocenters. The molecule has 1 unspecified atom stereocenters. The summed E-state index contributed by atoms with van der Waals surface area (Å²) in [7, 11) is 0. The summed E-state index contributed by atoms with van der Waals surface area (Å²) in [5.74, 6) is -1.09. The lowest BCUT2D eigenvalue weighted by molar-refractivity contribution is -0.117. The number of ether oxygens (including phenoxy) is 1. The molecule has 1 aromatic heterocycles. The third kappa shape index (κ3) is 3.26. The van der Waals surface area contributed by atoms with Crippen molar-refractivity contribution in [3.8, 4) is 5.75 Å². The van der Waals surface area contributed by atoms with Crippen LogP contribution in [0.2, 0.25) is 0 Å². The first-order valence-corrected chi connectivity index (χ1v) is 9.66. The van der Waals surface area contributed by atoms with Crippen LogP contribution >= 0.6 is 0 Å². The molecule has 0 saturated heterocycles. The Kier molecular flexibility index (Phi) is 5.14. The molecule has 0 fully saturated rings. The molecule has 2 heterocycles. The van der Waals surface area contributed by atoms with Crippen LogP contribution in [0.1, 0.15) is 34.6 Å². The van der Waals surface area contributed by atoms with Gasteiger partial charge in [-0.3, -0.25) is 14.5 Å². The van der Waals surface area contributed by atoms with Gasteiger partial charge in [-0.25, -0.2) is 0 Å². The Hall–Kier alpha value is -3.80. The Morgan fingerprint density at radius 3 is 2.63 bits per heavy atom. The van der Waals surface area contributed by atoms with Crippen LogP contribution in [0.5, 0.6) is 5.75 Å². The SMILES string of the molecule is CCOc1cccc(N2C(=O)C(O)=C(C(=O)c3ccco3)C2c2ccccc2C)c1. The topological polar surface area (TPSA) is 80.0 Å². The minimum atomic E-state index is -0.798. The van der Waals surface area contributed by atoms with E-state index in [9.17, 15) is 14.7 Å². The van der Waals surface area contributed by atoms with Gasteiger partial charge in [0.1, 0.15) is 5.75 Å². The Labute approximate surface area is 174 Å². The predicted molar refractivity (Wildman–Crippen MR) is 112 cm³/mol. The molecule has 0 spiro atoms. The van der Waals surface area contributed by atoms with E-state index in [2.05, 4.69) is 0 Å². The second kappa shape index (κ2) is 7.91. The summed E-state index contributed by atoms with van der Waals surface area (Å²) in [4.78, 5) is 27.8. The van der Waals surface area contributed by atoms with Crippen LogP contribution in [-0.2, 0) is 4.79 Å². The van der Waals surface area contributed by atoms with Crippen molar-refractivity contribution in [1.29, 1.82) is 0 Å². The van der Waals surface area contributed by atoms with Crippen LogP contribution in [0.15, 0.2) is 82.7 Å². The molecule has 0 radical (unpaired) electrons. The minimum Gasteiger partial charge on any atom is -0.503 e. The number of rotatable bonds is 6. The number of aryl methyl sites for hydroxylation is 1. The number of aliphatic hydroxyl groups excluding tert-OH is 1. The summed E-state index contributed by atoms with van der Waals surface area (Å²) in [6, 6.07) is 16.8. The van der Waals surface area contributed by atoms with Crippen LogP contribution in [0.3, 0.4) is 0 Å². The number of carbonyl (C=O) groups excluding carboxylic acids is 2. The van der Waals surface area contributed by atoms with Crippen molar-refractivity contribution in [2.75, 3.05) is 11.5 Å². The third-order valence-corrected chi connectivity index (χ3v) is 5.09. The molecule has 6 nitrogen and oxygen atoms in total. The van der Waals surface area contributed by atoms with Crippen LogP contribution in [-0.4, -0.2) is 23.4 Å². The molecule has 1 amide bonds. The zero-order valence-corrected chi connectivity index (χ0v) is 16.7. The molecule has 0 aliphatic carbocycles. The van der Waals surface area contributed by atoms with Crippen molar-refractivity contribution in [3.63, 3.8) is 0 Å². The lowest BCUT2D eigenvalue weighted by Gasteiger charge is -2.28. The van der Waals surface area contributed by atoms with Gasteiger partial charge in [0.15, 0.2) is 11.5 Å². The minimum absolute atomic E-state index is 0.00828. The fourth-order valence-electron chi connectivity index (χ4n) is 3.72. The molecule has 1 N–H and O–H groups in total. The highest BCUT2D eigenvalue weighted by molar-refractivity contribution is 6.20. The van der Waals surface area contributed by atoms with Crippen LogP contribution < -0.4 is 9.64 Å². The highest BCUT2D eigenvalue weighted by atomic mass is 16.5. The number of benzene rings is 2. The normalized spacial score (nSPS) is 16.3. The lowest BCUT2D eigenvalue weighted by Crippen LogP contribution is -2.31. The second-order valence-electron chi connectivity index (χ2n) is 6.93. The molecular formula is C24H21NO5. The van der Waals surface area contributed by atoms with Gasteiger partial charge in [-0.1, -0.05) is 30.3 Å². The van der Waals surface area contributed by atoms with Gasteiger partial charge in [-0.2, -0.15) is 0 Å². The highest BCUT2D eigenvalue weighted by Gasteiger charge is 2.45. The molecule has 3 aromatic rings. The van der Waals surface area contributed by atoms with Gasteiger partial charge in [0.2, 0.25) is 5.78 Å². The number of anilines is 1. The van der Waals surface area contributed by atoms with Gasteiger partial charge in [0, 0.05) is 11.8 Å². The van der Waals surface area contributed by atoms with E-state index in [4.69, 9.17) is 9.15 Å². The molecule has 4 rings (SSSR count). The zero-order chi connectivity index (χ0) is 21.3. The molecule has 0 saturated carbocycles. The van der Waals surface area contributed by atoms with Gasteiger partial charge in [0.05, 0.1) is 24.5 Å². The van der Waals surface area contributed by atoms with E-state index >= 15 is 0 Å². The third-order valence-electron chi connectivity index (χ3n) is 5.09. The van der Waals surface area contributed by atoms with E-state index in [1.165, 1.54) is 17.2 Å². The van der Waals surface area contributed by atoms with Gasteiger partial charge in [-0.05, 0) is 49.2 Å². The number of furan rings is 1. The number of hydrogen-bond acceptors (Lipinski definition) is 5. The number of carbonyl (C=O) groups is 2. The van der Waals surface area contributed by atoms with Crippen molar-refractivity contribution < 1.29 is 23.8 Å². The number of amides is 1. The number of ketones is 1. The van der Waals surface area contributed by atoms with E-state index in [0.29, 0.717) is 18.0 Å².